The molecule has 0 radical (unpaired) electrons. The van der Waals surface area contributed by atoms with Crippen LogP contribution >= 0.6 is 15.9 Å². The normalized spacial score (nSPS) is 21.4. The summed E-state index contributed by atoms with van der Waals surface area (Å²) in [5.41, 5.74) is 4.48. The van der Waals surface area contributed by atoms with Crippen molar-refractivity contribution in [1.29, 1.82) is 0 Å². The molecule has 28 heavy (non-hydrogen) atoms. The first-order valence-electron chi connectivity index (χ1n) is 9.92. The molecule has 2 aromatic rings. The zero-order valence-corrected chi connectivity index (χ0v) is 18.4. The largest absolute Gasteiger partial charge is 0.343 e. The summed E-state index contributed by atoms with van der Waals surface area (Å²) in [5, 5.41) is 1.14. The van der Waals surface area contributed by atoms with E-state index in [1.165, 1.54) is 11.1 Å². The van der Waals surface area contributed by atoms with Gasteiger partial charge in [0.1, 0.15) is 0 Å². The first-order chi connectivity index (χ1) is 13.4. The first kappa shape index (κ1) is 19.4. The Bertz CT molecular complexity index is 1000. The molecule has 1 aliphatic carbocycles. The van der Waals surface area contributed by atoms with E-state index >= 15 is 0 Å². The molecule has 2 atom stereocenters. The third-order valence-electron chi connectivity index (χ3n) is 6.20. The maximum Gasteiger partial charge on any atom is 0.230 e. The van der Waals surface area contributed by atoms with Gasteiger partial charge < -0.3 is 4.90 Å². The Morgan fingerprint density at radius 3 is 2.61 bits per heavy atom. The fourth-order valence-corrected chi connectivity index (χ4v) is 5.63. The summed E-state index contributed by atoms with van der Waals surface area (Å²) in [6.07, 6.45) is 3.02. The Hall–Kier alpha value is -1.92. The maximum atomic E-state index is 13.0. The number of nitrogens with zero attached hydrogens (tertiary/aromatic N) is 3. The Kier molecular flexibility index (Phi) is 4.96. The van der Waals surface area contributed by atoms with Gasteiger partial charge in [-0.1, -0.05) is 18.2 Å². The maximum absolute atomic E-state index is 13.0. The lowest BCUT2D eigenvalue weighted by atomic mass is 9.79. The third-order valence-corrected chi connectivity index (χ3v) is 7.04. The number of carbonyl (C=O) groups excluding carboxylic acids is 2. The lowest BCUT2D eigenvalue weighted by Crippen LogP contribution is -2.47. The van der Waals surface area contributed by atoms with Gasteiger partial charge in [0.15, 0.2) is 0 Å². The Morgan fingerprint density at radius 1 is 1.25 bits per heavy atom. The van der Waals surface area contributed by atoms with Gasteiger partial charge in [-0.25, -0.2) is 0 Å². The quantitative estimate of drug-likeness (QED) is 0.724. The van der Waals surface area contributed by atoms with E-state index in [9.17, 15) is 9.59 Å². The van der Waals surface area contributed by atoms with Crippen LogP contribution in [0.4, 0.5) is 0 Å². The van der Waals surface area contributed by atoms with Gasteiger partial charge in [-0.3, -0.25) is 19.1 Å². The Morgan fingerprint density at radius 2 is 1.96 bits per heavy atom. The number of benzene rings is 1. The molecule has 0 saturated heterocycles. The number of halogens is 1. The van der Waals surface area contributed by atoms with Crippen molar-refractivity contribution in [2.45, 2.75) is 33.2 Å². The zero-order valence-electron chi connectivity index (χ0n) is 16.8. The van der Waals surface area contributed by atoms with Crippen molar-refractivity contribution in [3.05, 3.63) is 40.0 Å². The molecule has 6 heteroatoms. The molecule has 1 aliphatic heterocycles. The van der Waals surface area contributed by atoms with Crippen LogP contribution in [0.3, 0.4) is 0 Å². The summed E-state index contributed by atoms with van der Waals surface area (Å²) < 4.78 is 2.61. The van der Waals surface area contributed by atoms with E-state index in [1.54, 1.807) is 11.5 Å². The van der Waals surface area contributed by atoms with Crippen LogP contribution in [0.25, 0.3) is 16.5 Å². The number of rotatable bonds is 3. The molecule has 4 rings (SSSR count). The van der Waals surface area contributed by atoms with Gasteiger partial charge in [-0.2, -0.15) is 0 Å². The number of hydrogen-bond donors (Lipinski definition) is 0. The average molecular weight is 444 g/mol. The van der Waals surface area contributed by atoms with Crippen LogP contribution in [0.1, 0.15) is 36.7 Å². The van der Waals surface area contributed by atoms with Gasteiger partial charge >= 0.3 is 0 Å². The minimum Gasteiger partial charge on any atom is -0.343 e. The molecule has 0 spiro atoms. The van der Waals surface area contributed by atoms with Gasteiger partial charge in [0.2, 0.25) is 11.8 Å². The van der Waals surface area contributed by atoms with Crippen molar-refractivity contribution in [3.63, 3.8) is 0 Å². The monoisotopic (exact) mass is 443 g/mol. The van der Waals surface area contributed by atoms with Gasteiger partial charge in [-0.05, 0) is 66.0 Å². The van der Waals surface area contributed by atoms with E-state index in [1.807, 2.05) is 30.9 Å². The summed E-state index contributed by atoms with van der Waals surface area (Å²) in [4.78, 5) is 29.5. The molecule has 0 bridgehead atoms. The van der Waals surface area contributed by atoms with Crippen molar-refractivity contribution in [1.82, 2.24) is 14.4 Å². The van der Waals surface area contributed by atoms with Crippen LogP contribution in [-0.2, 0) is 11.2 Å². The van der Waals surface area contributed by atoms with Crippen molar-refractivity contribution >= 4 is 44.2 Å². The van der Waals surface area contributed by atoms with Gasteiger partial charge in [-0.15, -0.1) is 0 Å². The topological polar surface area (TPSA) is 45.6 Å². The second-order valence-corrected chi connectivity index (χ2v) is 8.47. The molecule has 5 nitrogen and oxygen atoms in total. The van der Waals surface area contributed by atoms with E-state index < -0.39 is 0 Å². The number of aromatic nitrogens is 1. The number of amides is 1. The first-order valence-corrected chi connectivity index (χ1v) is 10.7. The number of fused-ring (bicyclic) bond motifs is 2. The molecular weight excluding hydrogens is 418 g/mol. The second-order valence-electron chi connectivity index (χ2n) is 7.72. The van der Waals surface area contributed by atoms with Crippen LogP contribution < -0.4 is 0 Å². The number of hydrogen-bond acceptors (Lipinski definition) is 3. The molecule has 0 saturated carbocycles. The molecule has 2 aliphatic rings. The highest BCUT2D eigenvalue weighted by molar-refractivity contribution is 9.10. The highest BCUT2D eigenvalue weighted by Gasteiger charge is 2.38. The smallest absolute Gasteiger partial charge is 0.230 e. The van der Waals surface area contributed by atoms with Crippen molar-refractivity contribution in [2.75, 3.05) is 26.7 Å². The SMILES string of the molecule is CCN(CC)C(=O)[C@@H]1C=C2c3cccc4c3c(c(Br)n4C(C)=O)C[C@H]2N(C)C1. The van der Waals surface area contributed by atoms with Gasteiger partial charge in [0.25, 0.3) is 0 Å². The highest BCUT2D eigenvalue weighted by Crippen LogP contribution is 2.44. The molecule has 1 amide bonds. The standard InChI is InChI=1S/C22H26BrN3O2/c1-5-25(6-2)22(28)14-10-16-15-8-7-9-18-20(15)17(11-19(16)24(4)12-14)21(23)26(18)13(3)27/h7-10,14,19H,5-6,11-12H2,1-4H3/t14-,19-/m1/s1. The fraction of sp³-hybridized carbons (Fsp3) is 0.455. The Labute approximate surface area is 174 Å². The summed E-state index contributed by atoms with van der Waals surface area (Å²) in [6, 6.07) is 6.35. The molecule has 1 aromatic heterocycles. The summed E-state index contributed by atoms with van der Waals surface area (Å²) in [6.45, 7) is 7.83. The fourth-order valence-electron chi connectivity index (χ4n) is 4.83. The van der Waals surface area contributed by atoms with Crippen LogP contribution in [-0.4, -0.2) is 58.9 Å². The summed E-state index contributed by atoms with van der Waals surface area (Å²) in [7, 11) is 2.10. The van der Waals surface area contributed by atoms with Gasteiger partial charge in [0.05, 0.1) is 16.0 Å². The molecule has 2 heterocycles. The van der Waals surface area contributed by atoms with Crippen molar-refractivity contribution in [3.8, 4) is 0 Å². The van der Waals surface area contributed by atoms with Crippen LogP contribution in [0.2, 0.25) is 0 Å². The van der Waals surface area contributed by atoms with E-state index in [2.05, 4.69) is 40.0 Å². The minimum absolute atomic E-state index is 0.00192. The number of carbonyl (C=O) groups is 2. The molecule has 0 unspecified atom stereocenters. The molecule has 0 fully saturated rings. The van der Waals surface area contributed by atoms with E-state index in [-0.39, 0.29) is 23.8 Å². The predicted octanol–water partition coefficient (Wildman–Crippen LogP) is 3.80. The highest BCUT2D eigenvalue weighted by atomic mass is 79.9. The zero-order chi connectivity index (χ0) is 20.2. The molecular formula is C22H26BrN3O2. The molecule has 148 valence electrons. The third kappa shape index (κ3) is 2.77. The minimum atomic E-state index is -0.133. The van der Waals surface area contributed by atoms with Crippen molar-refractivity contribution < 1.29 is 9.59 Å². The number of likely N-dealkylation sites (N-methyl/N-ethyl adjacent to an activating group) is 1. The molecule has 1 aromatic carbocycles. The summed E-state index contributed by atoms with van der Waals surface area (Å²) in [5.74, 6) is 0.0663. The predicted molar refractivity (Wildman–Crippen MR) is 115 cm³/mol. The van der Waals surface area contributed by atoms with Crippen LogP contribution in [0.5, 0.6) is 0 Å². The van der Waals surface area contributed by atoms with Crippen LogP contribution in [0.15, 0.2) is 28.9 Å². The summed E-state index contributed by atoms with van der Waals surface area (Å²) >= 11 is 3.68. The van der Waals surface area contributed by atoms with E-state index in [0.29, 0.717) is 0 Å². The van der Waals surface area contributed by atoms with Crippen molar-refractivity contribution in [2.24, 2.45) is 5.92 Å². The average Bonchev–Trinajstić information content (AvgIpc) is 2.96. The second kappa shape index (κ2) is 7.16. The Balaban J connectivity index is 1.89. The van der Waals surface area contributed by atoms with Gasteiger partial charge in [0, 0.05) is 38.0 Å². The van der Waals surface area contributed by atoms with E-state index in [0.717, 1.165) is 47.1 Å². The lowest BCUT2D eigenvalue weighted by Gasteiger charge is -2.40. The molecule has 0 N–H and O–H groups in total. The van der Waals surface area contributed by atoms with Crippen LogP contribution in [0, 0.1) is 5.92 Å². The lowest BCUT2D eigenvalue weighted by molar-refractivity contribution is -0.134. The van der Waals surface area contributed by atoms with E-state index in [4.69, 9.17) is 0 Å².